The van der Waals surface area contributed by atoms with Crippen LogP contribution in [0.15, 0.2) is 12.1 Å². The zero-order chi connectivity index (χ0) is 16.7. The van der Waals surface area contributed by atoms with Gasteiger partial charge in [0.25, 0.3) is 11.6 Å². The van der Waals surface area contributed by atoms with Crippen molar-refractivity contribution in [2.75, 3.05) is 18.8 Å². The average Bonchev–Trinajstić information content (AvgIpc) is 2.42. The molecule has 0 saturated carbocycles. The number of halogens is 2. The molecule has 0 radical (unpaired) electrons. The normalized spacial score (nSPS) is 19.8. The number of benzene rings is 1. The van der Waals surface area contributed by atoms with E-state index in [-0.39, 0.29) is 35.1 Å². The molecule has 0 aromatic heterocycles. The number of nitro benzene ring substituents is 1. The lowest BCUT2D eigenvalue weighted by Gasteiger charge is -2.42. The summed E-state index contributed by atoms with van der Waals surface area (Å²) in [6, 6.07) is 1.60. The molecule has 0 spiro atoms. The van der Waals surface area contributed by atoms with E-state index < -0.39 is 22.3 Å². The fourth-order valence-electron chi connectivity index (χ4n) is 2.65. The van der Waals surface area contributed by atoms with E-state index in [0.29, 0.717) is 25.6 Å². The number of nitro groups is 1. The van der Waals surface area contributed by atoms with Crippen molar-refractivity contribution in [1.82, 2.24) is 4.90 Å². The van der Waals surface area contributed by atoms with Gasteiger partial charge in [0.2, 0.25) is 0 Å². The van der Waals surface area contributed by atoms with E-state index >= 15 is 0 Å². The first kappa shape index (κ1) is 19.1. The Morgan fingerprint density at radius 3 is 2.61 bits per heavy atom. The number of rotatable bonds is 2. The van der Waals surface area contributed by atoms with Crippen LogP contribution < -0.4 is 11.5 Å². The second-order valence-corrected chi connectivity index (χ2v) is 6.25. The number of hydrogen-bond acceptors (Lipinski definition) is 5. The molecule has 1 aliphatic heterocycles. The van der Waals surface area contributed by atoms with Crippen molar-refractivity contribution in [3.63, 3.8) is 0 Å². The van der Waals surface area contributed by atoms with Crippen LogP contribution in [-0.2, 0) is 0 Å². The highest BCUT2D eigenvalue weighted by Crippen LogP contribution is 2.32. The zero-order valence-corrected chi connectivity index (χ0v) is 13.7. The van der Waals surface area contributed by atoms with Gasteiger partial charge in [0.15, 0.2) is 0 Å². The lowest BCUT2D eigenvalue weighted by molar-refractivity contribution is -0.384. The molecule has 1 unspecified atom stereocenters. The molecular formula is C14H20ClFN4O3. The Labute approximate surface area is 139 Å². The van der Waals surface area contributed by atoms with Gasteiger partial charge in [0, 0.05) is 19.1 Å². The van der Waals surface area contributed by atoms with E-state index in [0.717, 1.165) is 6.07 Å². The van der Waals surface area contributed by atoms with Crippen molar-refractivity contribution >= 4 is 29.7 Å². The van der Waals surface area contributed by atoms with Crippen LogP contribution in [-0.4, -0.2) is 34.9 Å². The van der Waals surface area contributed by atoms with Crippen molar-refractivity contribution in [1.29, 1.82) is 0 Å². The summed E-state index contributed by atoms with van der Waals surface area (Å²) in [6.07, 6.45) is 0.607. The highest BCUT2D eigenvalue weighted by molar-refractivity contribution is 6.01. The lowest BCUT2D eigenvalue weighted by atomic mass is 9.79. The third kappa shape index (κ3) is 3.70. The number of piperidine rings is 1. The van der Waals surface area contributed by atoms with Crippen molar-refractivity contribution in [2.24, 2.45) is 11.1 Å². The standard InChI is InChI=1S/C14H19FN4O3.ClH/c1-14(2)7-18(4-3-11(14)16)13(20)9-5-8(15)6-10(12(9)17)19(21)22;/h5-6,11H,3-4,7,16-17H2,1-2H3;1H. The minimum atomic E-state index is -0.864. The van der Waals surface area contributed by atoms with Crippen LogP contribution in [0.25, 0.3) is 0 Å². The summed E-state index contributed by atoms with van der Waals surface area (Å²) in [5.41, 5.74) is 10.3. The Kier molecular flexibility index (Phi) is 5.55. The highest BCUT2D eigenvalue weighted by atomic mass is 35.5. The molecule has 128 valence electrons. The van der Waals surface area contributed by atoms with Gasteiger partial charge in [-0.1, -0.05) is 13.8 Å². The maximum absolute atomic E-state index is 13.6. The van der Waals surface area contributed by atoms with Gasteiger partial charge in [0.1, 0.15) is 11.5 Å². The molecule has 23 heavy (non-hydrogen) atoms. The van der Waals surface area contributed by atoms with Gasteiger partial charge in [-0.25, -0.2) is 4.39 Å². The Morgan fingerprint density at radius 1 is 1.48 bits per heavy atom. The number of likely N-dealkylation sites (tertiary alicyclic amines) is 1. The van der Waals surface area contributed by atoms with Gasteiger partial charge < -0.3 is 16.4 Å². The van der Waals surface area contributed by atoms with Crippen LogP contribution in [0.5, 0.6) is 0 Å². The van der Waals surface area contributed by atoms with Gasteiger partial charge in [0.05, 0.1) is 16.6 Å². The van der Waals surface area contributed by atoms with Crippen LogP contribution in [0, 0.1) is 21.3 Å². The molecule has 1 atom stereocenters. The number of nitrogens with zero attached hydrogens (tertiary/aromatic N) is 2. The van der Waals surface area contributed by atoms with Crippen LogP contribution in [0.3, 0.4) is 0 Å². The topological polar surface area (TPSA) is 115 Å². The van der Waals surface area contributed by atoms with Gasteiger partial charge in [-0.05, 0) is 17.9 Å². The Hall–Kier alpha value is -1.93. The molecule has 4 N–H and O–H groups in total. The largest absolute Gasteiger partial charge is 0.393 e. The second kappa shape index (κ2) is 6.67. The van der Waals surface area contributed by atoms with Crippen LogP contribution in [0.1, 0.15) is 30.6 Å². The van der Waals surface area contributed by atoms with E-state index in [2.05, 4.69) is 0 Å². The number of anilines is 1. The molecule has 1 heterocycles. The van der Waals surface area contributed by atoms with E-state index in [9.17, 15) is 19.3 Å². The predicted octanol–water partition coefficient (Wildman–Crippen LogP) is 1.94. The van der Waals surface area contributed by atoms with Crippen LogP contribution in [0.2, 0.25) is 0 Å². The minimum absolute atomic E-state index is 0. The first-order valence-corrected chi connectivity index (χ1v) is 6.92. The number of nitrogen functional groups attached to an aromatic ring is 1. The molecule has 1 aromatic carbocycles. The molecule has 1 amide bonds. The zero-order valence-electron chi connectivity index (χ0n) is 12.9. The third-order valence-corrected chi connectivity index (χ3v) is 4.15. The maximum atomic E-state index is 13.6. The summed E-state index contributed by atoms with van der Waals surface area (Å²) in [7, 11) is 0. The number of amides is 1. The highest BCUT2D eigenvalue weighted by Gasteiger charge is 2.36. The molecule has 0 aliphatic carbocycles. The van der Waals surface area contributed by atoms with Gasteiger partial charge in [-0.15, -0.1) is 12.4 Å². The summed E-state index contributed by atoms with van der Waals surface area (Å²) in [5.74, 6) is -1.38. The third-order valence-electron chi connectivity index (χ3n) is 4.15. The smallest absolute Gasteiger partial charge is 0.295 e. The molecule has 7 nitrogen and oxygen atoms in total. The fourth-order valence-corrected chi connectivity index (χ4v) is 2.65. The molecule has 1 saturated heterocycles. The van der Waals surface area contributed by atoms with Crippen LogP contribution in [0.4, 0.5) is 15.8 Å². The number of carbonyl (C=O) groups excluding carboxylic acids is 1. The Balaban J connectivity index is 0.00000264. The molecule has 1 aliphatic rings. The molecule has 0 bridgehead atoms. The quantitative estimate of drug-likeness (QED) is 0.482. The first-order valence-electron chi connectivity index (χ1n) is 6.92. The first-order chi connectivity index (χ1) is 10.1. The van der Waals surface area contributed by atoms with Crippen molar-refractivity contribution < 1.29 is 14.1 Å². The Bertz CT molecular complexity index is 639. The predicted molar refractivity (Wildman–Crippen MR) is 87.0 cm³/mol. The summed E-state index contributed by atoms with van der Waals surface area (Å²) < 4.78 is 13.6. The van der Waals surface area contributed by atoms with E-state index in [1.54, 1.807) is 0 Å². The number of hydrogen-bond donors (Lipinski definition) is 2. The summed E-state index contributed by atoms with van der Waals surface area (Å²) in [4.78, 5) is 24.2. The monoisotopic (exact) mass is 346 g/mol. The van der Waals surface area contributed by atoms with Gasteiger partial charge >= 0.3 is 0 Å². The van der Waals surface area contributed by atoms with E-state index in [1.165, 1.54) is 4.90 Å². The van der Waals surface area contributed by atoms with Crippen molar-refractivity contribution in [2.45, 2.75) is 26.3 Å². The molecule has 9 heteroatoms. The average molecular weight is 347 g/mol. The molecular weight excluding hydrogens is 327 g/mol. The van der Waals surface area contributed by atoms with Crippen molar-refractivity contribution in [3.05, 3.63) is 33.6 Å². The Morgan fingerprint density at radius 2 is 2.09 bits per heavy atom. The fraction of sp³-hybridized carbons (Fsp3) is 0.500. The van der Waals surface area contributed by atoms with Gasteiger partial charge in [-0.3, -0.25) is 14.9 Å². The van der Waals surface area contributed by atoms with Crippen LogP contribution >= 0.6 is 12.4 Å². The summed E-state index contributed by atoms with van der Waals surface area (Å²) in [5, 5.41) is 10.9. The maximum Gasteiger partial charge on any atom is 0.295 e. The van der Waals surface area contributed by atoms with E-state index in [4.69, 9.17) is 11.5 Å². The summed E-state index contributed by atoms with van der Waals surface area (Å²) in [6.45, 7) is 4.67. The van der Waals surface area contributed by atoms with Gasteiger partial charge in [-0.2, -0.15) is 0 Å². The van der Waals surface area contributed by atoms with E-state index in [1.807, 2.05) is 13.8 Å². The minimum Gasteiger partial charge on any atom is -0.393 e. The lowest BCUT2D eigenvalue weighted by Crippen LogP contribution is -2.54. The molecule has 2 rings (SSSR count). The second-order valence-electron chi connectivity index (χ2n) is 6.25. The summed E-state index contributed by atoms with van der Waals surface area (Å²) >= 11 is 0. The SMILES string of the molecule is CC1(C)CN(C(=O)c2cc(F)cc([N+](=O)[O-])c2N)CCC1N.Cl. The number of nitrogens with two attached hydrogens (primary N) is 2. The molecule has 1 fully saturated rings. The number of carbonyl (C=O) groups is 1. The van der Waals surface area contributed by atoms with Crippen molar-refractivity contribution in [3.8, 4) is 0 Å². The molecule has 1 aromatic rings.